The van der Waals surface area contributed by atoms with Crippen molar-refractivity contribution in [2.45, 2.75) is 44.1 Å². The number of benzene rings is 2. The molecule has 0 radical (unpaired) electrons. The van der Waals surface area contributed by atoms with Crippen LogP contribution >= 0.6 is 0 Å². The Balaban J connectivity index is 1.68. The monoisotopic (exact) mass is 565 g/mol. The Morgan fingerprint density at radius 3 is 2.49 bits per heavy atom. The Bertz CT molecular complexity index is 1480. The number of hydrogen-bond acceptors (Lipinski definition) is 10. The van der Waals surface area contributed by atoms with Crippen molar-refractivity contribution in [2.75, 3.05) is 20.7 Å². The summed E-state index contributed by atoms with van der Waals surface area (Å²) in [6.07, 6.45) is -1.29. The molecular formula is C30H35N3O8. The number of amides is 1. The first-order chi connectivity index (χ1) is 19.4. The van der Waals surface area contributed by atoms with Gasteiger partial charge in [-0.05, 0) is 74.7 Å². The molecule has 1 amide bonds. The number of nitrogens with zero attached hydrogens (tertiary/aromatic N) is 1. The lowest BCUT2D eigenvalue weighted by Crippen LogP contribution is -2.73. The number of aromatic hydroxyl groups is 1. The van der Waals surface area contributed by atoms with E-state index in [-0.39, 0.29) is 36.3 Å². The summed E-state index contributed by atoms with van der Waals surface area (Å²) in [6.45, 7) is 2.57. The molecule has 8 N–H and O–H groups in total. The molecule has 3 aliphatic carbocycles. The van der Waals surface area contributed by atoms with Gasteiger partial charge in [0.25, 0.3) is 0 Å². The third-order valence-corrected chi connectivity index (χ3v) is 8.86. The van der Waals surface area contributed by atoms with Crippen LogP contribution in [0.2, 0.25) is 0 Å². The van der Waals surface area contributed by atoms with Crippen molar-refractivity contribution in [3.63, 3.8) is 0 Å². The van der Waals surface area contributed by atoms with Gasteiger partial charge < -0.3 is 41.5 Å². The first kappa shape index (κ1) is 28.7. The van der Waals surface area contributed by atoms with E-state index in [9.17, 15) is 34.8 Å². The van der Waals surface area contributed by atoms with Crippen molar-refractivity contribution in [1.82, 2.24) is 4.90 Å². The molecular weight excluding hydrogens is 530 g/mol. The first-order valence-electron chi connectivity index (χ1n) is 13.6. The fourth-order valence-corrected chi connectivity index (χ4v) is 7.08. The Hall–Kier alpha value is -3.77. The second-order valence-corrected chi connectivity index (χ2v) is 11.2. The van der Waals surface area contributed by atoms with Crippen molar-refractivity contribution < 1.29 is 39.5 Å². The molecule has 5 rings (SSSR count). The molecule has 0 spiro atoms. The molecule has 0 bridgehead atoms. The first-order valence-corrected chi connectivity index (χ1v) is 13.6. The van der Waals surface area contributed by atoms with Gasteiger partial charge in [-0.25, -0.2) is 0 Å². The van der Waals surface area contributed by atoms with Crippen molar-refractivity contribution in [3.05, 3.63) is 52.6 Å². The number of aliphatic hydroxyl groups is 3. The zero-order chi connectivity index (χ0) is 30.0. The summed E-state index contributed by atoms with van der Waals surface area (Å²) in [6, 6.07) is 7.70. The van der Waals surface area contributed by atoms with Gasteiger partial charge in [0.2, 0.25) is 11.7 Å². The molecule has 41 heavy (non-hydrogen) atoms. The Labute approximate surface area is 237 Å². The lowest BCUT2D eigenvalue weighted by Gasteiger charge is -2.53. The number of likely N-dealkylation sites (N-methyl/N-ethyl adjacent to an activating group) is 1. The van der Waals surface area contributed by atoms with E-state index in [0.29, 0.717) is 23.5 Å². The maximum Gasteiger partial charge on any atom is 0.230 e. The number of phenolic OH excluding ortho intramolecular Hbond substituents is 1. The van der Waals surface area contributed by atoms with Crippen molar-refractivity contribution in [2.24, 2.45) is 29.2 Å². The number of aliphatic hydroxyl groups excluding tert-OH is 2. The van der Waals surface area contributed by atoms with Gasteiger partial charge in [0.15, 0.2) is 11.4 Å². The molecule has 3 aliphatic rings. The van der Waals surface area contributed by atoms with Gasteiger partial charge in [-0.15, -0.1) is 0 Å². The summed E-state index contributed by atoms with van der Waals surface area (Å²) in [7, 11) is 3.23. The largest absolute Gasteiger partial charge is 0.507 e. The normalized spacial score (nSPS) is 29.2. The maximum absolute atomic E-state index is 14.0. The number of Topliss-reactive ketones (excluding diaryl/α,β-unsaturated/α-hetero) is 2. The van der Waals surface area contributed by atoms with Crippen LogP contribution in [0.25, 0.3) is 16.9 Å². The molecule has 0 aromatic heterocycles. The highest BCUT2D eigenvalue weighted by molar-refractivity contribution is 6.25. The zero-order valence-corrected chi connectivity index (χ0v) is 23.1. The number of carbonyl (C=O) groups is 3. The predicted octanol–water partition coefficient (Wildman–Crippen LogP) is 0.653. The highest BCUT2D eigenvalue weighted by Crippen LogP contribution is 2.53. The van der Waals surface area contributed by atoms with Crippen LogP contribution in [0, 0.1) is 17.8 Å². The van der Waals surface area contributed by atoms with E-state index in [4.69, 9.17) is 16.2 Å². The number of ketones is 2. The second-order valence-electron chi connectivity index (χ2n) is 11.2. The molecule has 218 valence electrons. The maximum atomic E-state index is 14.0. The van der Waals surface area contributed by atoms with Gasteiger partial charge in [-0.2, -0.15) is 0 Å². The summed E-state index contributed by atoms with van der Waals surface area (Å²) in [5, 5.41) is 45.1. The van der Waals surface area contributed by atoms with Crippen molar-refractivity contribution in [1.29, 1.82) is 0 Å². The van der Waals surface area contributed by atoms with Crippen LogP contribution < -0.4 is 16.2 Å². The highest BCUT2D eigenvalue weighted by Gasteiger charge is 2.67. The standard InChI is InChI=1S/C30H35N3O8/c1-4-41-20-8-5-13(9-15(20)12-31)16-6-7-19(34)22-17(16)10-14-11-18-24(33(2)3)26(36)23(29(32)39)28(38)30(18,40)27(37)21(14)25(22)35/h5-9,14,18,23-24,26,34-36,40H,4,10-12,31H2,1-3H3,(H2,32,39)/t14-,18-,23?,24-,26?,30-/m1/s1. The third kappa shape index (κ3) is 4.14. The lowest BCUT2D eigenvalue weighted by molar-refractivity contribution is -0.184. The number of primary amides is 1. The number of ether oxygens (including phenoxy) is 1. The van der Waals surface area contributed by atoms with Crippen LogP contribution in [-0.2, 0) is 27.3 Å². The van der Waals surface area contributed by atoms with Crippen LogP contribution in [-0.4, -0.2) is 81.2 Å². The predicted molar refractivity (Wildman–Crippen MR) is 149 cm³/mol. The second kappa shape index (κ2) is 10.3. The molecule has 2 aromatic rings. The minimum atomic E-state index is -2.69. The van der Waals surface area contributed by atoms with E-state index in [2.05, 4.69) is 0 Å². The van der Waals surface area contributed by atoms with Gasteiger partial charge in [-0.3, -0.25) is 14.4 Å². The number of hydrogen-bond donors (Lipinski definition) is 6. The van der Waals surface area contributed by atoms with Crippen molar-refractivity contribution in [3.8, 4) is 22.6 Å². The summed E-state index contributed by atoms with van der Waals surface area (Å²) in [5.41, 5.74) is 11.4. The van der Waals surface area contributed by atoms with Gasteiger partial charge in [0.05, 0.1) is 18.3 Å². The average molecular weight is 566 g/mol. The highest BCUT2D eigenvalue weighted by atomic mass is 16.5. The van der Waals surface area contributed by atoms with E-state index < -0.39 is 58.7 Å². The molecule has 0 heterocycles. The van der Waals surface area contributed by atoms with Crippen LogP contribution in [0.3, 0.4) is 0 Å². The summed E-state index contributed by atoms with van der Waals surface area (Å²) < 4.78 is 5.67. The molecule has 2 fully saturated rings. The smallest absolute Gasteiger partial charge is 0.230 e. The van der Waals surface area contributed by atoms with Gasteiger partial charge in [0.1, 0.15) is 23.2 Å². The summed E-state index contributed by atoms with van der Waals surface area (Å²) in [5.74, 6) is -7.08. The molecule has 11 heteroatoms. The minimum Gasteiger partial charge on any atom is -0.507 e. The Morgan fingerprint density at radius 2 is 1.88 bits per heavy atom. The molecule has 0 aliphatic heterocycles. The van der Waals surface area contributed by atoms with E-state index >= 15 is 0 Å². The van der Waals surface area contributed by atoms with E-state index in [0.717, 1.165) is 11.1 Å². The SMILES string of the molecule is CCOc1ccc(-c2ccc(O)c3c2C[C@@H]2C[C@@H]4[C@@H](N(C)C)C(O)C(C(N)=O)C(=O)[C@]4(O)C(=O)C2=C3O)cc1CN. The minimum absolute atomic E-state index is 0.0336. The Kier molecular flexibility index (Phi) is 7.19. The Morgan fingerprint density at radius 1 is 1.17 bits per heavy atom. The van der Waals surface area contributed by atoms with Crippen LogP contribution in [0.4, 0.5) is 0 Å². The van der Waals surface area contributed by atoms with E-state index in [1.807, 2.05) is 19.1 Å². The van der Waals surface area contributed by atoms with Crippen molar-refractivity contribution >= 4 is 23.2 Å². The van der Waals surface area contributed by atoms with Gasteiger partial charge in [0, 0.05) is 29.6 Å². The summed E-state index contributed by atoms with van der Waals surface area (Å²) >= 11 is 0. The third-order valence-electron chi connectivity index (χ3n) is 8.86. The van der Waals surface area contributed by atoms with Crippen LogP contribution in [0.5, 0.6) is 11.5 Å². The molecule has 2 saturated carbocycles. The molecule has 11 nitrogen and oxygen atoms in total. The quantitative estimate of drug-likeness (QED) is 0.271. The number of fused-ring (bicyclic) bond motifs is 3. The topological polar surface area (TPSA) is 197 Å². The van der Waals surface area contributed by atoms with Crippen LogP contribution in [0.1, 0.15) is 30.0 Å². The van der Waals surface area contributed by atoms with Gasteiger partial charge >= 0.3 is 0 Å². The zero-order valence-electron chi connectivity index (χ0n) is 23.1. The molecule has 6 atom stereocenters. The molecule has 2 unspecified atom stereocenters. The fraction of sp³-hybridized carbons (Fsp3) is 0.433. The number of nitrogens with two attached hydrogens (primary N) is 2. The van der Waals surface area contributed by atoms with Gasteiger partial charge in [-0.1, -0.05) is 12.1 Å². The fourth-order valence-electron chi connectivity index (χ4n) is 7.08. The number of phenols is 1. The number of carbonyl (C=O) groups excluding carboxylic acids is 3. The van der Waals surface area contributed by atoms with E-state index in [1.54, 1.807) is 31.1 Å². The molecule has 2 aromatic carbocycles. The van der Waals surface area contributed by atoms with Crippen LogP contribution in [0.15, 0.2) is 35.9 Å². The number of rotatable bonds is 6. The lowest BCUT2D eigenvalue weighted by atomic mass is 9.54. The van der Waals surface area contributed by atoms with E-state index in [1.165, 1.54) is 6.07 Å². The average Bonchev–Trinajstić information content (AvgIpc) is 2.91. The summed E-state index contributed by atoms with van der Waals surface area (Å²) in [4.78, 5) is 41.2. The molecule has 0 saturated heterocycles.